The molecule has 0 aromatic heterocycles. The van der Waals surface area contributed by atoms with Gasteiger partial charge in [-0.15, -0.1) is 0 Å². The lowest BCUT2D eigenvalue weighted by molar-refractivity contribution is -0.168. The number of nitrogens with zero attached hydrogens (tertiary/aromatic N) is 2. The fourth-order valence-electron chi connectivity index (χ4n) is 2.51. The molecule has 0 spiro atoms. The van der Waals surface area contributed by atoms with Crippen LogP contribution < -0.4 is 0 Å². The predicted molar refractivity (Wildman–Crippen MR) is 82.9 cm³/mol. The summed E-state index contributed by atoms with van der Waals surface area (Å²) in [5.74, 6) is -2.22. The second-order valence-corrected chi connectivity index (χ2v) is 6.08. The van der Waals surface area contributed by atoms with Crippen LogP contribution in [0.3, 0.4) is 0 Å². The molecule has 3 rings (SSSR count). The number of amides is 2. The van der Waals surface area contributed by atoms with Gasteiger partial charge in [0.1, 0.15) is 18.2 Å². The highest BCUT2D eigenvalue weighted by atomic mass is 79.9. The van der Waals surface area contributed by atoms with Crippen molar-refractivity contribution in [3.63, 3.8) is 0 Å². The molecule has 2 aromatic rings. The van der Waals surface area contributed by atoms with Gasteiger partial charge in [0.25, 0.3) is 11.8 Å². The molecule has 1 atom stereocenters. The van der Waals surface area contributed by atoms with E-state index in [2.05, 4.69) is 15.9 Å². The molecule has 124 valence electrons. The first-order chi connectivity index (χ1) is 11.4. The van der Waals surface area contributed by atoms with Gasteiger partial charge in [0.2, 0.25) is 0 Å². The highest BCUT2D eigenvalue weighted by Crippen LogP contribution is 2.32. The first-order valence-electron chi connectivity index (χ1n) is 6.91. The zero-order valence-electron chi connectivity index (χ0n) is 12.1. The molecule has 2 aromatic carbocycles. The molecule has 2 amide bonds. The van der Waals surface area contributed by atoms with Gasteiger partial charge in [-0.05, 0) is 57.9 Å². The zero-order chi connectivity index (χ0) is 17.4. The third kappa shape index (κ3) is 2.90. The molecule has 5 nitrogen and oxygen atoms in total. The van der Waals surface area contributed by atoms with Gasteiger partial charge in [0.15, 0.2) is 6.17 Å². The van der Waals surface area contributed by atoms with Crippen molar-refractivity contribution in [3.8, 4) is 0 Å². The third-order valence-corrected chi connectivity index (χ3v) is 4.29. The monoisotopic (exact) mass is 396 g/mol. The Kier molecular flexibility index (Phi) is 4.33. The van der Waals surface area contributed by atoms with Crippen LogP contribution >= 0.6 is 15.9 Å². The van der Waals surface area contributed by atoms with Crippen LogP contribution in [0.15, 0.2) is 46.9 Å². The van der Waals surface area contributed by atoms with Crippen molar-refractivity contribution in [3.05, 3.63) is 69.7 Å². The van der Waals surface area contributed by atoms with Crippen LogP contribution in [0.4, 0.5) is 8.78 Å². The Morgan fingerprint density at radius 3 is 2.46 bits per heavy atom. The van der Waals surface area contributed by atoms with Gasteiger partial charge >= 0.3 is 0 Å². The van der Waals surface area contributed by atoms with Gasteiger partial charge < -0.3 is 4.90 Å². The van der Waals surface area contributed by atoms with E-state index in [1.54, 1.807) is 0 Å². The minimum absolute atomic E-state index is 0.141. The second-order valence-electron chi connectivity index (χ2n) is 5.23. The van der Waals surface area contributed by atoms with Crippen molar-refractivity contribution >= 4 is 27.7 Å². The van der Waals surface area contributed by atoms with Crippen LogP contribution in [0.2, 0.25) is 0 Å². The van der Waals surface area contributed by atoms with E-state index in [-0.39, 0.29) is 16.6 Å². The van der Waals surface area contributed by atoms with E-state index in [9.17, 15) is 23.6 Å². The van der Waals surface area contributed by atoms with Gasteiger partial charge in [-0.2, -0.15) is 5.06 Å². The van der Waals surface area contributed by atoms with Crippen molar-refractivity contribution in [1.29, 1.82) is 0 Å². The fourth-order valence-corrected chi connectivity index (χ4v) is 2.90. The smallest absolute Gasteiger partial charge is 0.267 e. The summed E-state index contributed by atoms with van der Waals surface area (Å²) in [7, 11) is 0. The quantitative estimate of drug-likeness (QED) is 0.793. The molecule has 1 unspecified atom stereocenters. The first kappa shape index (κ1) is 16.5. The summed E-state index contributed by atoms with van der Waals surface area (Å²) >= 11 is 3.03. The fraction of sp³-hybridized carbons (Fsp3) is 0.125. The summed E-state index contributed by atoms with van der Waals surface area (Å²) in [4.78, 5) is 25.6. The minimum atomic E-state index is -1.09. The van der Waals surface area contributed by atoms with Crippen LogP contribution in [0.1, 0.15) is 22.1 Å². The normalized spacial score (nSPS) is 17.5. The molecule has 0 radical (unpaired) electrons. The average molecular weight is 397 g/mol. The molecule has 1 aliphatic rings. The molecule has 1 aliphatic heterocycles. The molecule has 0 bridgehead atoms. The molecule has 0 saturated carbocycles. The number of carbonyl (C=O) groups excluding carboxylic acids is 2. The zero-order valence-corrected chi connectivity index (χ0v) is 13.7. The van der Waals surface area contributed by atoms with E-state index in [1.807, 2.05) is 0 Å². The summed E-state index contributed by atoms with van der Waals surface area (Å²) in [6.07, 6.45) is -1.09. The van der Waals surface area contributed by atoms with Crippen LogP contribution in [0.5, 0.6) is 0 Å². The number of hydroxylamine groups is 2. The highest BCUT2D eigenvalue weighted by Gasteiger charge is 2.41. The molecular weight excluding hydrogens is 386 g/mol. The number of halogens is 3. The number of rotatable bonds is 2. The summed E-state index contributed by atoms with van der Waals surface area (Å²) in [6.45, 7) is -0.341. The Morgan fingerprint density at radius 1 is 1.17 bits per heavy atom. The predicted octanol–water partition coefficient (Wildman–Crippen LogP) is 3.10. The second kappa shape index (κ2) is 6.29. The number of benzene rings is 2. The standard InChI is InChI=1S/C16H11BrF2N2O3/c17-12-7-10(3-6-13(12)19)15-20(8-14(22)21(15)24)16(23)9-1-4-11(18)5-2-9/h1-7,15,24H,8H2. The Bertz CT molecular complexity index is 813. The van der Waals surface area contributed by atoms with Crippen molar-refractivity contribution in [2.75, 3.05) is 6.54 Å². The maximum absolute atomic E-state index is 13.4. The molecule has 24 heavy (non-hydrogen) atoms. The maximum atomic E-state index is 13.4. The summed E-state index contributed by atoms with van der Waals surface area (Å²) in [5, 5.41) is 10.4. The van der Waals surface area contributed by atoms with E-state index in [1.165, 1.54) is 24.3 Å². The average Bonchev–Trinajstić information content (AvgIpc) is 2.86. The number of carbonyl (C=O) groups is 2. The van der Waals surface area contributed by atoms with Crippen LogP contribution in [0.25, 0.3) is 0 Å². The Morgan fingerprint density at radius 2 is 1.83 bits per heavy atom. The third-order valence-electron chi connectivity index (χ3n) is 3.68. The number of hydrogen-bond acceptors (Lipinski definition) is 3. The summed E-state index contributed by atoms with van der Waals surface area (Å²) in [6, 6.07) is 8.76. The Hall–Kier alpha value is -2.32. The van der Waals surface area contributed by atoms with Gasteiger partial charge in [0, 0.05) is 5.56 Å². The van der Waals surface area contributed by atoms with E-state index in [0.717, 1.165) is 23.1 Å². The lowest BCUT2D eigenvalue weighted by Gasteiger charge is -2.26. The van der Waals surface area contributed by atoms with Gasteiger partial charge in [-0.3, -0.25) is 14.8 Å². The molecule has 0 aliphatic carbocycles. The van der Waals surface area contributed by atoms with Crippen molar-refractivity contribution < 1.29 is 23.6 Å². The molecule has 1 heterocycles. The molecule has 1 saturated heterocycles. The first-order valence-corrected chi connectivity index (χ1v) is 7.70. The van der Waals surface area contributed by atoms with Crippen molar-refractivity contribution in [2.24, 2.45) is 0 Å². The summed E-state index contributed by atoms with van der Waals surface area (Å²) < 4.78 is 26.6. The Labute approximate surface area is 144 Å². The van der Waals surface area contributed by atoms with E-state index in [0.29, 0.717) is 10.6 Å². The van der Waals surface area contributed by atoms with Crippen LogP contribution in [-0.2, 0) is 4.79 Å². The van der Waals surface area contributed by atoms with Crippen molar-refractivity contribution in [2.45, 2.75) is 6.17 Å². The van der Waals surface area contributed by atoms with Gasteiger partial charge in [-0.1, -0.05) is 6.07 Å². The molecule has 1 N–H and O–H groups in total. The van der Waals surface area contributed by atoms with Gasteiger partial charge in [-0.25, -0.2) is 8.78 Å². The van der Waals surface area contributed by atoms with E-state index < -0.39 is 29.6 Å². The summed E-state index contributed by atoms with van der Waals surface area (Å²) in [5.41, 5.74) is 0.526. The van der Waals surface area contributed by atoms with Crippen LogP contribution in [0, 0.1) is 11.6 Å². The SMILES string of the molecule is O=C1CN(C(=O)c2ccc(F)cc2)C(c2ccc(F)c(Br)c2)N1O. The topological polar surface area (TPSA) is 60.9 Å². The molecular formula is C16H11BrF2N2O3. The highest BCUT2D eigenvalue weighted by molar-refractivity contribution is 9.10. The maximum Gasteiger partial charge on any atom is 0.267 e. The van der Waals surface area contributed by atoms with E-state index >= 15 is 0 Å². The largest absolute Gasteiger partial charge is 0.302 e. The lowest BCUT2D eigenvalue weighted by Crippen LogP contribution is -2.34. The number of hydrogen-bond donors (Lipinski definition) is 1. The van der Waals surface area contributed by atoms with Gasteiger partial charge in [0.05, 0.1) is 4.47 Å². The molecule has 8 heteroatoms. The minimum Gasteiger partial charge on any atom is -0.302 e. The van der Waals surface area contributed by atoms with Crippen LogP contribution in [-0.4, -0.2) is 33.5 Å². The van der Waals surface area contributed by atoms with E-state index in [4.69, 9.17) is 0 Å². The Balaban J connectivity index is 1.98. The lowest BCUT2D eigenvalue weighted by atomic mass is 10.1. The van der Waals surface area contributed by atoms with Crippen molar-refractivity contribution in [1.82, 2.24) is 9.96 Å². The molecule has 1 fully saturated rings.